The van der Waals surface area contributed by atoms with E-state index >= 15 is 0 Å². The Morgan fingerprint density at radius 2 is 1.65 bits per heavy atom. The lowest BCUT2D eigenvalue weighted by molar-refractivity contribution is -0.235. The fourth-order valence-electron chi connectivity index (χ4n) is 4.76. The molecular weight excluding hydrogens is 464 g/mol. The molecule has 0 aromatic heterocycles. The number of aryl methyl sites for hydroxylation is 2. The van der Waals surface area contributed by atoms with Crippen molar-refractivity contribution in [2.24, 2.45) is 0 Å². The Kier molecular flexibility index (Phi) is 8.21. The van der Waals surface area contributed by atoms with Crippen LogP contribution < -0.4 is 4.90 Å². The van der Waals surface area contributed by atoms with Gasteiger partial charge in [-0.05, 0) is 74.2 Å². The molecule has 0 radical (unpaired) electrons. The molecule has 2 aromatic rings. The maximum atomic E-state index is 13.2. The third kappa shape index (κ3) is 5.36. The third-order valence-electron chi connectivity index (χ3n) is 6.65. The van der Waals surface area contributed by atoms with Gasteiger partial charge in [0.05, 0.1) is 36.6 Å². The molecule has 0 fully saturated rings. The van der Waals surface area contributed by atoms with E-state index in [1.54, 1.807) is 24.3 Å². The van der Waals surface area contributed by atoms with Crippen LogP contribution in [-0.4, -0.2) is 37.9 Å². The van der Waals surface area contributed by atoms with Crippen molar-refractivity contribution in [2.45, 2.75) is 40.2 Å². The molecule has 0 amide bonds. The second-order valence-corrected chi connectivity index (χ2v) is 9.16. The zero-order chi connectivity index (χ0) is 26.5. The number of ether oxygens (including phenoxy) is 1. The molecule has 0 bridgehead atoms. The van der Waals surface area contributed by atoms with Crippen molar-refractivity contribution in [1.29, 1.82) is 5.41 Å². The number of hydrogen-bond acceptors (Lipinski definition) is 6. The summed E-state index contributed by atoms with van der Waals surface area (Å²) in [5.74, 6) is 0.304. The number of allylic oxidation sites excluding steroid dienone is 7. The summed E-state index contributed by atoms with van der Waals surface area (Å²) in [6.45, 7) is 9.70. The molecule has 192 valence electrons. The van der Waals surface area contributed by atoms with Crippen LogP contribution in [0.2, 0.25) is 0 Å². The van der Waals surface area contributed by atoms with Crippen molar-refractivity contribution in [3.8, 4) is 0 Å². The van der Waals surface area contributed by atoms with Crippen LogP contribution in [0.5, 0.6) is 0 Å². The van der Waals surface area contributed by atoms with Crippen molar-refractivity contribution >= 4 is 28.4 Å². The van der Waals surface area contributed by atoms with E-state index in [-0.39, 0.29) is 11.8 Å². The normalized spacial score (nSPS) is 15.8. The highest BCUT2D eigenvalue weighted by atomic mass is 17.2. The monoisotopic (exact) mass is 498 g/mol. The van der Waals surface area contributed by atoms with E-state index in [9.17, 15) is 4.79 Å². The van der Waals surface area contributed by atoms with Gasteiger partial charge < -0.3 is 19.9 Å². The predicted octanol–water partition coefficient (Wildman–Crippen LogP) is 6.57. The Bertz CT molecular complexity index is 1300. The molecule has 6 heteroatoms. The highest BCUT2D eigenvalue weighted by molar-refractivity contribution is 6.39. The van der Waals surface area contributed by atoms with Gasteiger partial charge in [0.2, 0.25) is 5.78 Å². The smallest absolute Gasteiger partial charge is 0.202 e. The van der Waals surface area contributed by atoms with Gasteiger partial charge in [0.25, 0.3) is 0 Å². The van der Waals surface area contributed by atoms with Crippen molar-refractivity contribution in [3.63, 3.8) is 0 Å². The largest absolute Gasteiger partial charge is 0.380 e. The van der Waals surface area contributed by atoms with Crippen LogP contribution >= 0.6 is 0 Å². The first-order chi connectivity index (χ1) is 17.9. The van der Waals surface area contributed by atoms with E-state index in [4.69, 9.17) is 19.9 Å². The molecule has 0 spiro atoms. The Hall–Kier alpha value is -3.74. The maximum absolute atomic E-state index is 13.2. The predicted molar refractivity (Wildman–Crippen MR) is 148 cm³/mol. The molecule has 1 N–H and O–H groups in total. The fourth-order valence-corrected chi connectivity index (χ4v) is 4.76. The summed E-state index contributed by atoms with van der Waals surface area (Å²) in [5.41, 5.74) is 7.38. The van der Waals surface area contributed by atoms with E-state index in [1.807, 2.05) is 31.2 Å². The van der Waals surface area contributed by atoms with Gasteiger partial charge in [-0.3, -0.25) is 4.79 Å². The lowest BCUT2D eigenvalue weighted by Gasteiger charge is -2.35. The van der Waals surface area contributed by atoms with Crippen LogP contribution in [0.4, 0.5) is 11.4 Å². The van der Waals surface area contributed by atoms with E-state index in [2.05, 4.69) is 43.9 Å². The summed E-state index contributed by atoms with van der Waals surface area (Å²) < 4.78 is 5.84. The van der Waals surface area contributed by atoms with Crippen LogP contribution in [0, 0.1) is 19.3 Å². The van der Waals surface area contributed by atoms with Crippen LogP contribution in [0.3, 0.4) is 0 Å². The van der Waals surface area contributed by atoms with E-state index in [0.29, 0.717) is 41.4 Å². The van der Waals surface area contributed by atoms with E-state index in [0.717, 1.165) is 23.4 Å². The molecule has 1 atom stereocenters. The number of nitrogens with one attached hydrogen (secondary N) is 1. The van der Waals surface area contributed by atoms with Crippen molar-refractivity contribution in [1.82, 2.24) is 0 Å². The standard InChI is InChI=1S/C31H34N2O4/c1-6-25(19-36-7-2)33(27-17-8-20(3)18-21(27)4)26-15-11-23(12-16-26)29-30(34)28(31(29)37-35-5)22-9-13-24(32)14-10-22/h8-18,25,32H,6-7,19H2,1-5H3. The zero-order valence-corrected chi connectivity index (χ0v) is 22.1. The molecular formula is C31H34N2O4. The van der Waals surface area contributed by atoms with Crippen LogP contribution in [0.15, 0.2) is 83.7 Å². The van der Waals surface area contributed by atoms with Crippen molar-refractivity contribution in [2.75, 3.05) is 25.2 Å². The summed E-state index contributed by atoms with van der Waals surface area (Å²) in [6.07, 6.45) is 7.72. The Balaban J connectivity index is 1.74. The van der Waals surface area contributed by atoms with E-state index in [1.165, 1.54) is 18.2 Å². The molecule has 2 aromatic carbocycles. The lowest BCUT2D eigenvalue weighted by Crippen LogP contribution is -2.35. The molecule has 37 heavy (non-hydrogen) atoms. The topological polar surface area (TPSA) is 71.8 Å². The number of carbonyl (C=O) groups is 1. The first-order valence-electron chi connectivity index (χ1n) is 12.6. The summed E-state index contributed by atoms with van der Waals surface area (Å²) >= 11 is 0. The lowest BCUT2D eigenvalue weighted by atomic mass is 9.80. The van der Waals surface area contributed by atoms with Crippen molar-refractivity contribution < 1.29 is 19.3 Å². The second kappa shape index (κ2) is 11.5. The van der Waals surface area contributed by atoms with Gasteiger partial charge in [-0.1, -0.05) is 48.9 Å². The molecule has 0 aliphatic heterocycles. The first kappa shape index (κ1) is 26.3. The fraction of sp³-hybridized carbons (Fsp3) is 0.290. The number of rotatable bonds is 10. The summed E-state index contributed by atoms with van der Waals surface area (Å²) in [6, 6.07) is 14.6. The molecule has 6 nitrogen and oxygen atoms in total. The number of ketones is 1. The average Bonchev–Trinajstić information content (AvgIpc) is 2.89. The quantitative estimate of drug-likeness (QED) is 0.228. The number of nitrogens with zero attached hydrogens (tertiary/aromatic N) is 1. The van der Waals surface area contributed by atoms with Gasteiger partial charge in [0.1, 0.15) is 0 Å². The van der Waals surface area contributed by atoms with Crippen molar-refractivity contribution in [3.05, 3.63) is 100 Å². The summed E-state index contributed by atoms with van der Waals surface area (Å²) in [4.78, 5) is 25.9. The zero-order valence-electron chi connectivity index (χ0n) is 22.1. The molecule has 4 rings (SSSR count). The number of Topliss-reactive ketones (excluding diaryl/α,β-unsaturated/α-hetero) is 1. The molecule has 2 aliphatic rings. The third-order valence-corrected chi connectivity index (χ3v) is 6.65. The SMILES string of the molecule is CCOCC(CC)N(c1ccc(C2=C(OOC)C(=C3C=CC(=N)C=C3)C2=O)cc1)c1ccc(C)cc1C. The molecule has 0 saturated carbocycles. The number of hydrogen-bond donors (Lipinski definition) is 1. The van der Waals surface area contributed by atoms with Crippen LogP contribution in [-0.2, 0) is 19.3 Å². The number of benzene rings is 2. The Morgan fingerprint density at radius 3 is 2.24 bits per heavy atom. The van der Waals surface area contributed by atoms with Gasteiger partial charge in [-0.15, -0.1) is 0 Å². The summed E-state index contributed by atoms with van der Waals surface area (Å²) in [5, 5.41) is 7.71. The minimum absolute atomic E-state index is 0.105. The molecule has 2 aliphatic carbocycles. The van der Waals surface area contributed by atoms with E-state index < -0.39 is 0 Å². The first-order valence-corrected chi connectivity index (χ1v) is 12.6. The number of anilines is 2. The molecule has 0 saturated heterocycles. The number of carbonyl (C=O) groups excluding carboxylic acids is 1. The van der Waals surface area contributed by atoms with Gasteiger partial charge in [-0.2, -0.15) is 4.89 Å². The van der Waals surface area contributed by atoms with Gasteiger partial charge in [-0.25, -0.2) is 0 Å². The average molecular weight is 499 g/mol. The molecule has 0 heterocycles. The van der Waals surface area contributed by atoms with Crippen LogP contribution in [0.25, 0.3) is 5.57 Å². The maximum Gasteiger partial charge on any atom is 0.202 e. The van der Waals surface area contributed by atoms with Gasteiger partial charge >= 0.3 is 0 Å². The minimum atomic E-state index is -0.105. The van der Waals surface area contributed by atoms with Gasteiger partial charge in [0, 0.05) is 18.0 Å². The van der Waals surface area contributed by atoms with Crippen LogP contribution in [0.1, 0.15) is 37.0 Å². The van der Waals surface area contributed by atoms with Gasteiger partial charge in [0.15, 0.2) is 5.76 Å². The Labute approximate surface area is 219 Å². The summed E-state index contributed by atoms with van der Waals surface area (Å²) in [7, 11) is 1.42. The highest BCUT2D eigenvalue weighted by Gasteiger charge is 2.39. The second-order valence-electron chi connectivity index (χ2n) is 9.16. The highest BCUT2D eigenvalue weighted by Crippen LogP contribution is 2.42. The minimum Gasteiger partial charge on any atom is -0.380 e. The Morgan fingerprint density at radius 1 is 0.946 bits per heavy atom. The molecule has 1 unspecified atom stereocenters.